The van der Waals surface area contributed by atoms with Gasteiger partial charge >= 0.3 is 5.69 Å². The highest BCUT2D eigenvalue weighted by Crippen LogP contribution is 2.38. The van der Waals surface area contributed by atoms with Gasteiger partial charge in [0.1, 0.15) is 11.4 Å². The number of amides is 1. The molecular formula is C24H21N5O2S2. The molecular weight excluding hydrogens is 454 g/mol. The minimum Gasteiger partial charge on any atom is -0.350 e. The molecule has 0 saturated heterocycles. The van der Waals surface area contributed by atoms with Crippen LogP contribution < -0.4 is 11.0 Å². The SMILES string of the molecule is O=C(Cn1c(=O)n2nc(-c3cccs3)nc2c2c3c(sc21)CCCC3)NCc1ccccc1. The number of fused-ring (bicyclic) bond motifs is 5. The number of nitrogens with one attached hydrogen (secondary N) is 1. The van der Waals surface area contributed by atoms with Crippen LogP contribution in [0.5, 0.6) is 0 Å². The zero-order chi connectivity index (χ0) is 22.4. The molecule has 0 radical (unpaired) electrons. The zero-order valence-corrected chi connectivity index (χ0v) is 19.4. The molecule has 0 aliphatic heterocycles. The highest BCUT2D eigenvalue weighted by Gasteiger charge is 2.25. The van der Waals surface area contributed by atoms with Crippen LogP contribution >= 0.6 is 22.7 Å². The fourth-order valence-corrected chi connectivity index (χ4v) is 6.46. The van der Waals surface area contributed by atoms with Gasteiger partial charge in [-0.3, -0.25) is 9.36 Å². The second-order valence-electron chi connectivity index (χ2n) is 8.17. The number of hydrogen-bond donors (Lipinski definition) is 1. The van der Waals surface area contributed by atoms with Crippen LogP contribution in [0.15, 0.2) is 52.6 Å². The molecule has 4 heterocycles. The average Bonchev–Trinajstić information content (AvgIpc) is 3.59. The first-order valence-corrected chi connectivity index (χ1v) is 12.7. The highest BCUT2D eigenvalue weighted by atomic mass is 32.1. The van der Waals surface area contributed by atoms with Crippen LogP contribution in [0.25, 0.3) is 26.6 Å². The van der Waals surface area contributed by atoms with Crippen molar-refractivity contribution < 1.29 is 4.79 Å². The molecule has 1 amide bonds. The summed E-state index contributed by atoms with van der Waals surface area (Å²) >= 11 is 3.17. The number of rotatable bonds is 5. The number of hydrogen-bond acceptors (Lipinski definition) is 6. The van der Waals surface area contributed by atoms with E-state index < -0.39 is 0 Å². The first-order chi connectivity index (χ1) is 16.2. The number of thiophene rings is 2. The summed E-state index contributed by atoms with van der Waals surface area (Å²) in [7, 11) is 0. The molecule has 0 atom stereocenters. The summed E-state index contributed by atoms with van der Waals surface area (Å²) in [5.74, 6) is 0.344. The Balaban J connectivity index is 1.46. The fraction of sp³-hybridized carbons (Fsp3) is 0.250. The third kappa shape index (κ3) is 3.57. The number of aromatic nitrogens is 4. The van der Waals surface area contributed by atoms with E-state index in [4.69, 9.17) is 4.98 Å². The second-order valence-corrected chi connectivity index (χ2v) is 10.2. The van der Waals surface area contributed by atoms with E-state index in [1.807, 2.05) is 47.8 Å². The lowest BCUT2D eigenvalue weighted by Crippen LogP contribution is -2.34. The number of benzene rings is 1. The summed E-state index contributed by atoms with van der Waals surface area (Å²) in [6.45, 7) is 0.373. The molecule has 6 rings (SSSR count). The van der Waals surface area contributed by atoms with E-state index in [0.29, 0.717) is 18.0 Å². The molecule has 0 fully saturated rings. The zero-order valence-electron chi connectivity index (χ0n) is 17.8. The van der Waals surface area contributed by atoms with Crippen molar-refractivity contribution >= 4 is 44.4 Å². The Labute approximate surface area is 197 Å². The minimum absolute atomic E-state index is 0.0499. The summed E-state index contributed by atoms with van der Waals surface area (Å²) in [6.07, 6.45) is 4.23. The van der Waals surface area contributed by atoms with E-state index in [9.17, 15) is 9.59 Å². The van der Waals surface area contributed by atoms with Crippen LogP contribution in [-0.4, -0.2) is 25.1 Å². The van der Waals surface area contributed by atoms with Crippen molar-refractivity contribution in [1.29, 1.82) is 0 Å². The van der Waals surface area contributed by atoms with Gasteiger partial charge in [-0.2, -0.15) is 4.52 Å². The van der Waals surface area contributed by atoms with Gasteiger partial charge in [0.05, 0.1) is 10.3 Å². The van der Waals surface area contributed by atoms with Gasteiger partial charge in [-0.25, -0.2) is 9.78 Å². The maximum Gasteiger partial charge on any atom is 0.352 e. The minimum atomic E-state index is -0.332. The van der Waals surface area contributed by atoms with Gasteiger partial charge in [-0.05, 0) is 48.3 Å². The Bertz CT molecular complexity index is 1530. The normalized spacial score (nSPS) is 13.5. The van der Waals surface area contributed by atoms with E-state index in [0.717, 1.165) is 46.3 Å². The van der Waals surface area contributed by atoms with Crippen molar-refractivity contribution in [2.45, 2.75) is 38.8 Å². The lowest BCUT2D eigenvalue weighted by atomic mass is 9.97. The van der Waals surface area contributed by atoms with Crippen LogP contribution in [0.1, 0.15) is 28.8 Å². The van der Waals surface area contributed by atoms with Crippen molar-refractivity contribution in [3.8, 4) is 10.7 Å². The van der Waals surface area contributed by atoms with E-state index in [1.54, 1.807) is 27.2 Å². The van der Waals surface area contributed by atoms with E-state index in [-0.39, 0.29) is 18.1 Å². The van der Waals surface area contributed by atoms with Crippen LogP contribution in [-0.2, 0) is 30.7 Å². The van der Waals surface area contributed by atoms with Gasteiger partial charge in [0.2, 0.25) is 5.91 Å². The molecule has 1 aliphatic rings. The molecule has 1 aromatic carbocycles. The van der Waals surface area contributed by atoms with Crippen molar-refractivity contribution in [1.82, 2.24) is 24.5 Å². The topological polar surface area (TPSA) is 81.3 Å². The number of carbonyl (C=O) groups excluding carboxylic acids is 1. The Kier molecular flexibility index (Phi) is 5.07. The molecule has 4 aromatic heterocycles. The molecule has 5 aromatic rings. The van der Waals surface area contributed by atoms with Crippen LogP contribution in [0, 0.1) is 0 Å². The van der Waals surface area contributed by atoms with Crippen molar-refractivity contribution in [2.75, 3.05) is 0 Å². The first-order valence-electron chi connectivity index (χ1n) is 11.0. The number of nitrogens with zero attached hydrogens (tertiary/aromatic N) is 4. The number of carbonyl (C=O) groups is 1. The van der Waals surface area contributed by atoms with Gasteiger partial charge in [0.15, 0.2) is 11.5 Å². The number of aryl methyl sites for hydroxylation is 2. The molecule has 33 heavy (non-hydrogen) atoms. The van der Waals surface area contributed by atoms with E-state index in [1.165, 1.54) is 15.0 Å². The molecule has 1 N–H and O–H groups in total. The van der Waals surface area contributed by atoms with Crippen LogP contribution in [0.4, 0.5) is 0 Å². The van der Waals surface area contributed by atoms with E-state index >= 15 is 0 Å². The summed E-state index contributed by atoms with van der Waals surface area (Å²) in [4.78, 5) is 34.2. The summed E-state index contributed by atoms with van der Waals surface area (Å²) < 4.78 is 2.95. The Morgan fingerprint density at radius 2 is 1.94 bits per heavy atom. The first kappa shape index (κ1) is 20.3. The summed E-state index contributed by atoms with van der Waals surface area (Å²) in [5, 5.41) is 10.4. The molecule has 1 aliphatic carbocycles. The standard InChI is InChI=1S/C24H21N5O2S2/c30-19(25-13-15-7-2-1-3-8-15)14-28-23-20(16-9-4-5-10-17(16)33-23)22-26-21(18-11-6-12-32-18)27-29(22)24(28)31/h1-3,6-8,11-12H,4-5,9-10,13-14H2,(H,25,30). The molecule has 7 nitrogen and oxygen atoms in total. The Hall–Kier alpha value is -3.30. The average molecular weight is 476 g/mol. The maximum atomic E-state index is 13.5. The van der Waals surface area contributed by atoms with Crippen molar-refractivity contribution in [2.24, 2.45) is 0 Å². The second kappa shape index (κ2) is 8.24. The lowest BCUT2D eigenvalue weighted by Gasteiger charge is -2.11. The largest absolute Gasteiger partial charge is 0.352 e. The van der Waals surface area contributed by atoms with Crippen LogP contribution in [0.2, 0.25) is 0 Å². The van der Waals surface area contributed by atoms with E-state index in [2.05, 4.69) is 10.4 Å². The molecule has 0 spiro atoms. The molecule has 166 valence electrons. The predicted octanol–water partition coefficient (Wildman–Crippen LogP) is 4.03. The Morgan fingerprint density at radius 1 is 1.09 bits per heavy atom. The fourth-order valence-electron chi connectivity index (χ4n) is 4.43. The van der Waals surface area contributed by atoms with Gasteiger partial charge < -0.3 is 5.32 Å². The molecule has 0 saturated carbocycles. The molecule has 9 heteroatoms. The summed E-state index contributed by atoms with van der Waals surface area (Å²) in [5.41, 5.74) is 2.54. The predicted molar refractivity (Wildman–Crippen MR) is 131 cm³/mol. The summed E-state index contributed by atoms with van der Waals surface area (Å²) in [6, 6.07) is 13.7. The van der Waals surface area contributed by atoms with Crippen molar-refractivity contribution in [3.63, 3.8) is 0 Å². The molecule has 0 bridgehead atoms. The van der Waals surface area contributed by atoms with Gasteiger partial charge in [-0.1, -0.05) is 36.4 Å². The highest BCUT2D eigenvalue weighted by molar-refractivity contribution is 7.19. The monoisotopic (exact) mass is 475 g/mol. The third-order valence-corrected chi connectivity index (χ3v) is 8.20. The van der Waals surface area contributed by atoms with Gasteiger partial charge in [0, 0.05) is 11.4 Å². The third-order valence-electron chi connectivity index (χ3n) is 6.02. The van der Waals surface area contributed by atoms with Gasteiger partial charge in [-0.15, -0.1) is 27.8 Å². The maximum absolute atomic E-state index is 13.5. The lowest BCUT2D eigenvalue weighted by molar-refractivity contribution is -0.121. The Morgan fingerprint density at radius 3 is 2.76 bits per heavy atom. The van der Waals surface area contributed by atoms with Crippen LogP contribution in [0.3, 0.4) is 0 Å². The van der Waals surface area contributed by atoms with Gasteiger partial charge in [0.25, 0.3) is 0 Å². The quantitative estimate of drug-likeness (QED) is 0.416. The smallest absolute Gasteiger partial charge is 0.350 e. The van der Waals surface area contributed by atoms with Crippen molar-refractivity contribution in [3.05, 3.63) is 74.3 Å². The molecule has 0 unspecified atom stereocenters.